The maximum absolute atomic E-state index is 12.5. The molecule has 1 amide bonds. The Balaban J connectivity index is 2.08. The van der Waals surface area contributed by atoms with Gasteiger partial charge in [-0.1, -0.05) is 42.5 Å². The molecule has 1 N–H and O–H groups in total. The predicted octanol–water partition coefficient (Wildman–Crippen LogP) is 2.46. The Kier molecular flexibility index (Phi) is 4.93. The molecule has 0 heterocycles. The third-order valence-electron chi connectivity index (χ3n) is 3.47. The topological polar surface area (TPSA) is 57.6 Å². The summed E-state index contributed by atoms with van der Waals surface area (Å²) in [6.07, 6.45) is 6.49. The average molecular weight is 273 g/mol. The minimum atomic E-state index is -0.972. The fourth-order valence-corrected chi connectivity index (χ4v) is 2.45. The lowest BCUT2D eigenvalue weighted by molar-refractivity contribution is -0.147. The summed E-state index contributed by atoms with van der Waals surface area (Å²) in [4.78, 5) is 24.9. The highest BCUT2D eigenvalue weighted by Crippen LogP contribution is 2.21. The van der Waals surface area contributed by atoms with Gasteiger partial charge in [0.1, 0.15) is 6.54 Å². The van der Waals surface area contributed by atoms with Crippen molar-refractivity contribution in [2.75, 3.05) is 6.54 Å². The lowest BCUT2D eigenvalue weighted by Gasteiger charge is -2.26. The first-order valence-electron chi connectivity index (χ1n) is 6.86. The molecule has 0 spiro atoms. The molecule has 4 nitrogen and oxygen atoms in total. The van der Waals surface area contributed by atoms with Crippen molar-refractivity contribution in [3.05, 3.63) is 48.0 Å². The van der Waals surface area contributed by atoms with Gasteiger partial charge in [-0.2, -0.15) is 0 Å². The number of carbonyl (C=O) groups excluding carboxylic acids is 1. The molecular weight excluding hydrogens is 254 g/mol. The molecule has 1 aliphatic carbocycles. The second-order valence-electron chi connectivity index (χ2n) is 5.06. The van der Waals surface area contributed by atoms with E-state index in [4.69, 9.17) is 5.11 Å². The molecule has 0 radical (unpaired) electrons. The molecule has 1 atom stereocenters. The smallest absolute Gasteiger partial charge is 0.323 e. The van der Waals surface area contributed by atoms with Crippen molar-refractivity contribution in [3.8, 4) is 0 Å². The van der Waals surface area contributed by atoms with E-state index < -0.39 is 5.97 Å². The number of hydrogen-bond acceptors (Lipinski definition) is 2. The summed E-state index contributed by atoms with van der Waals surface area (Å²) in [5.74, 6) is -1.11. The zero-order valence-corrected chi connectivity index (χ0v) is 11.4. The van der Waals surface area contributed by atoms with Gasteiger partial charge >= 0.3 is 5.97 Å². The van der Waals surface area contributed by atoms with Crippen LogP contribution in [0.1, 0.15) is 24.8 Å². The van der Waals surface area contributed by atoms with Crippen molar-refractivity contribution >= 4 is 11.9 Å². The summed E-state index contributed by atoms with van der Waals surface area (Å²) in [5.41, 5.74) is 0.952. The van der Waals surface area contributed by atoms with Crippen LogP contribution >= 0.6 is 0 Å². The number of rotatable bonds is 5. The van der Waals surface area contributed by atoms with Crippen molar-refractivity contribution in [3.63, 3.8) is 0 Å². The Labute approximate surface area is 118 Å². The Morgan fingerprint density at radius 1 is 1.20 bits per heavy atom. The molecule has 4 heteroatoms. The second-order valence-corrected chi connectivity index (χ2v) is 5.06. The van der Waals surface area contributed by atoms with E-state index in [1.807, 2.05) is 36.4 Å². The fraction of sp³-hybridized carbons (Fsp3) is 0.375. The van der Waals surface area contributed by atoms with Gasteiger partial charge in [-0.05, 0) is 24.8 Å². The number of aliphatic carboxylic acids is 1. The molecule has 20 heavy (non-hydrogen) atoms. The molecule has 2 rings (SSSR count). The first kappa shape index (κ1) is 14.3. The van der Waals surface area contributed by atoms with E-state index >= 15 is 0 Å². The highest BCUT2D eigenvalue weighted by molar-refractivity contribution is 5.83. The van der Waals surface area contributed by atoms with Crippen LogP contribution in [0.2, 0.25) is 0 Å². The fourth-order valence-electron chi connectivity index (χ4n) is 2.45. The van der Waals surface area contributed by atoms with Gasteiger partial charge in [0.25, 0.3) is 0 Å². The van der Waals surface area contributed by atoms with E-state index in [1.54, 1.807) is 0 Å². The maximum Gasteiger partial charge on any atom is 0.323 e. The van der Waals surface area contributed by atoms with Gasteiger partial charge in [-0.3, -0.25) is 9.59 Å². The largest absolute Gasteiger partial charge is 0.480 e. The van der Waals surface area contributed by atoms with Gasteiger partial charge in [-0.25, -0.2) is 0 Å². The van der Waals surface area contributed by atoms with Crippen LogP contribution in [0, 0.1) is 5.92 Å². The van der Waals surface area contributed by atoms with Crippen molar-refractivity contribution in [1.82, 2.24) is 4.90 Å². The van der Waals surface area contributed by atoms with Crippen molar-refractivity contribution < 1.29 is 14.7 Å². The summed E-state index contributed by atoms with van der Waals surface area (Å²) < 4.78 is 0. The van der Waals surface area contributed by atoms with Crippen molar-refractivity contribution in [1.29, 1.82) is 0 Å². The molecular formula is C16H19NO3. The van der Waals surface area contributed by atoms with E-state index in [9.17, 15) is 9.59 Å². The number of benzene rings is 1. The first-order valence-corrected chi connectivity index (χ1v) is 6.86. The average Bonchev–Trinajstić information content (AvgIpc) is 2.47. The third kappa shape index (κ3) is 3.95. The first-order chi connectivity index (χ1) is 9.66. The molecule has 0 saturated carbocycles. The maximum atomic E-state index is 12.5. The summed E-state index contributed by atoms with van der Waals surface area (Å²) in [5, 5.41) is 9.00. The second kappa shape index (κ2) is 6.89. The van der Waals surface area contributed by atoms with E-state index in [0.29, 0.717) is 13.0 Å². The van der Waals surface area contributed by atoms with Gasteiger partial charge < -0.3 is 10.0 Å². The van der Waals surface area contributed by atoms with Crippen LogP contribution in [0.25, 0.3) is 0 Å². The SMILES string of the molecule is O=C(O)CN(Cc1ccccc1)C(=O)[C@H]1CC=CCC1. The van der Waals surface area contributed by atoms with Crippen LogP contribution < -0.4 is 0 Å². The van der Waals surface area contributed by atoms with Crippen LogP contribution in [-0.4, -0.2) is 28.4 Å². The van der Waals surface area contributed by atoms with Crippen LogP contribution in [-0.2, 0) is 16.1 Å². The standard InChI is InChI=1S/C16H19NO3/c18-15(19)12-17(11-13-7-3-1-4-8-13)16(20)14-9-5-2-6-10-14/h1-5,7-8,14H,6,9-12H2,(H,18,19)/t14-/m0/s1. The predicted molar refractivity (Wildman–Crippen MR) is 76.0 cm³/mol. The minimum absolute atomic E-state index is 0.0550. The number of carboxylic acids is 1. The lowest BCUT2D eigenvalue weighted by atomic mass is 9.93. The molecule has 1 aliphatic rings. The number of amides is 1. The summed E-state index contributed by atoms with van der Waals surface area (Å²) in [6, 6.07) is 9.49. The van der Waals surface area contributed by atoms with E-state index in [2.05, 4.69) is 6.08 Å². The van der Waals surface area contributed by atoms with Crippen LogP contribution in [0.15, 0.2) is 42.5 Å². The normalized spacial score (nSPS) is 17.7. The number of allylic oxidation sites excluding steroid dienone is 2. The molecule has 0 aromatic heterocycles. The Hall–Kier alpha value is -2.10. The summed E-state index contributed by atoms with van der Waals surface area (Å²) in [7, 11) is 0. The molecule has 1 aromatic rings. The van der Waals surface area contributed by atoms with E-state index in [1.165, 1.54) is 4.90 Å². The lowest BCUT2D eigenvalue weighted by Crippen LogP contribution is -2.39. The Bertz CT molecular complexity index is 496. The molecule has 1 aromatic carbocycles. The highest BCUT2D eigenvalue weighted by atomic mass is 16.4. The molecule has 0 aliphatic heterocycles. The zero-order chi connectivity index (χ0) is 14.4. The van der Waals surface area contributed by atoms with Gasteiger partial charge in [-0.15, -0.1) is 0 Å². The van der Waals surface area contributed by atoms with Gasteiger partial charge in [0.2, 0.25) is 5.91 Å². The van der Waals surface area contributed by atoms with Crippen molar-refractivity contribution in [2.45, 2.75) is 25.8 Å². The molecule has 0 fully saturated rings. The van der Waals surface area contributed by atoms with Gasteiger partial charge in [0, 0.05) is 12.5 Å². The number of carboxylic acid groups (broad SMARTS) is 1. The highest BCUT2D eigenvalue weighted by Gasteiger charge is 2.25. The Morgan fingerprint density at radius 2 is 1.95 bits per heavy atom. The van der Waals surface area contributed by atoms with Gasteiger partial charge in [0.05, 0.1) is 0 Å². The van der Waals surface area contributed by atoms with E-state index in [0.717, 1.165) is 18.4 Å². The molecule has 106 valence electrons. The van der Waals surface area contributed by atoms with Crippen molar-refractivity contribution in [2.24, 2.45) is 5.92 Å². The van der Waals surface area contributed by atoms with E-state index in [-0.39, 0.29) is 18.4 Å². The molecule has 0 saturated heterocycles. The number of nitrogens with zero attached hydrogens (tertiary/aromatic N) is 1. The summed E-state index contributed by atoms with van der Waals surface area (Å²) in [6.45, 7) is 0.111. The monoisotopic (exact) mass is 273 g/mol. The minimum Gasteiger partial charge on any atom is -0.480 e. The zero-order valence-electron chi connectivity index (χ0n) is 11.4. The van der Waals surface area contributed by atoms with Crippen LogP contribution in [0.5, 0.6) is 0 Å². The number of carbonyl (C=O) groups is 2. The summed E-state index contributed by atoms with van der Waals surface area (Å²) >= 11 is 0. The van der Waals surface area contributed by atoms with Gasteiger partial charge in [0.15, 0.2) is 0 Å². The van der Waals surface area contributed by atoms with Crippen LogP contribution in [0.3, 0.4) is 0 Å². The molecule has 0 bridgehead atoms. The Morgan fingerprint density at radius 3 is 2.55 bits per heavy atom. The molecule has 0 unspecified atom stereocenters. The number of hydrogen-bond donors (Lipinski definition) is 1. The van der Waals surface area contributed by atoms with Crippen LogP contribution in [0.4, 0.5) is 0 Å². The quantitative estimate of drug-likeness (QED) is 0.838. The third-order valence-corrected chi connectivity index (χ3v) is 3.47.